The van der Waals surface area contributed by atoms with Gasteiger partial charge in [0, 0.05) is 38.1 Å². The zero-order chi connectivity index (χ0) is 13.9. The molecule has 0 N–H and O–H groups in total. The Balaban J connectivity index is 1.53. The molecule has 1 unspecified atom stereocenters. The molecule has 1 aromatic heterocycles. The van der Waals surface area contributed by atoms with Crippen molar-refractivity contribution in [2.45, 2.75) is 38.4 Å². The molecule has 3 heterocycles. The largest absolute Gasteiger partial charge is 0.447 e. The van der Waals surface area contributed by atoms with Crippen LogP contribution in [0.2, 0.25) is 0 Å². The van der Waals surface area contributed by atoms with Gasteiger partial charge in [0.15, 0.2) is 0 Å². The SMILES string of the molecule is CC1COC(=O)N1C1CCN(Cc2cccnc2)CC1. The highest BCUT2D eigenvalue weighted by Crippen LogP contribution is 2.24. The van der Waals surface area contributed by atoms with Crippen LogP contribution in [0.3, 0.4) is 0 Å². The van der Waals surface area contributed by atoms with Gasteiger partial charge in [0.1, 0.15) is 6.61 Å². The Morgan fingerprint density at radius 2 is 2.20 bits per heavy atom. The lowest BCUT2D eigenvalue weighted by molar-refractivity contribution is 0.106. The number of cyclic esters (lactones) is 1. The van der Waals surface area contributed by atoms with Crippen LogP contribution in [0.5, 0.6) is 0 Å². The number of pyridine rings is 1. The summed E-state index contributed by atoms with van der Waals surface area (Å²) in [5.74, 6) is 0. The lowest BCUT2D eigenvalue weighted by Crippen LogP contribution is -2.47. The molecular weight excluding hydrogens is 254 g/mol. The topological polar surface area (TPSA) is 45.7 Å². The molecule has 0 aromatic carbocycles. The maximum absolute atomic E-state index is 11.7. The molecule has 2 saturated heterocycles. The molecule has 108 valence electrons. The number of piperidine rings is 1. The molecule has 0 bridgehead atoms. The van der Waals surface area contributed by atoms with Gasteiger partial charge >= 0.3 is 6.09 Å². The van der Waals surface area contributed by atoms with E-state index in [2.05, 4.69) is 22.9 Å². The Bertz CT molecular complexity index is 457. The van der Waals surface area contributed by atoms with Crippen LogP contribution in [0.4, 0.5) is 4.79 Å². The molecule has 20 heavy (non-hydrogen) atoms. The number of rotatable bonds is 3. The first-order valence-electron chi connectivity index (χ1n) is 7.30. The van der Waals surface area contributed by atoms with Crippen LogP contribution in [0.15, 0.2) is 24.5 Å². The summed E-state index contributed by atoms with van der Waals surface area (Å²) in [4.78, 5) is 20.3. The van der Waals surface area contributed by atoms with Crippen molar-refractivity contribution in [2.75, 3.05) is 19.7 Å². The average molecular weight is 275 g/mol. The number of hydrogen-bond acceptors (Lipinski definition) is 4. The molecule has 1 aromatic rings. The summed E-state index contributed by atoms with van der Waals surface area (Å²) >= 11 is 0. The molecule has 2 aliphatic rings. The molecule has 5 nitrogen and oxygen atoms in total. The van der Waals surface area contributed by atoms with Crippen molar-refractivity contribution >= 4 is 6.09 Å². The molecule has 2 fully saturated rings. The van der Waals surface area contributed by atoms with E-state index in [1.165, 1.54) is 5.56 Å². The maximum Gasteiger partial charge on any atom is 0.410 e. The van der Waals surface area contributed by atoms with E-state index in [1.54, 1.807) is 6.20 Å². The standard InChI is InChI=1S/C15H21N3O2/c1-12-11-20-15(19)18(12)14-4-7-17(8-5-14)10-13-3-2-6-16-9-13/h2-3,6,9,12,14H,4-5,7-8,10-11H2,1H3. The van der Waals surface area contributed by atoms with Crippen molar-refractivity contribution in [3.63, 3.8) is 0 Å². The quantitative estimate of drug-likeness (QED) is 0.845. The zero-order valence-corrected chi connectivity index (χ0v) is 11.9. The molecule has 5 heteroatoms. The first-order chi connectivity index (χ1) is 9.74. The number of hydrogen-bond donors (Lipinski definition) is 0. The minimum atomic E-state index is -0.136. The van der Waals surface area contributed by atoms with Crippen molar-refractivity contribution in [3.8, 4) is 0 Å². The average Bonchev–Trinajstić information content (AvgIpc) is 2.81. The second-order valence-electron chi connectivity index (χ2n) is 5.70. The van der Waals surface area contributed by atoms with Gasteiger partial charge in [-0.25, -0.2) is 4.79 Å². The van der Waals surface area contributed by atoms with Crippen molar-refractivity contribution in [1.29, 1.82) is 0 Å². The van der Waals surface area contributed by atoms with E-state index in [0.29, 0.717) is 12.6 Å². The van der Waals surface area contributed by atoms with E-state index in [0.717, 1.165) is 32.5 Å². The van der Waals surface area contributed by atoms with E-state index in [9.17, 15) is 4.79 Å². The van der Waals surface area contributed by atoms with Crippen LogP contribution in [0, 0.1) is 0 Å². The van der Waals surface area contributed by atoms with Crippen LogP contribution in [-0.4, -0.2) is 52.7 Å². The molecule has 1 amide bonds. The van der Waals surface area contributed by atoms with Crippen molar-refractivity contribution in [1.82, 2.24) is 14.8 Å². The summed E-state index contributed by atoms with van der Waals surface area (Å²) in [7, 11) is 0. The lowest BCUT2D eigenvalue weighted by atomic mass is 10.0. The van der Waals surface area contributed by atoms with Gasteiger partial charge in [0.2, 0.25) is 0 Å². The summed E-state index contributed by atoms with van der Waals surface area (Å²) in [5.41, 5.74) is 1.25. The molecule has 3 rings (SSSR count). The molecule has 0 radical (unpaired) electrons. The zero-order valence-electron chi connectivity index (χ0n) is 11.9. The Labute approximate surface area is 119 Å². The number of carbonyl (C=O) groups is 1. The van der Waals surface area contributed by atoms with Gasteiger partial charge in [-0.3, -0.25) is 14.8 Å². The summed E-state index contributed by atoms with van der Waals surface area (Å²) in [6.07, 6.45) is 5.64. The lowest BCUT2D eigenvalue weighted by Gasteiger charge is -2.37. The highest BCUT2D eigenvalue weighted by atomic mass is 16.6. The second-order valence-corrected chi connectivity index (χ2v) is 5.70. The van der Waals surface area contributed by atoms with Gasteiger partial charge in [-0.1, -0.05) is 6.07 Å². The number of aromatic nitrogens is 1. The van der Waals surface area contributed by atoms with Gasteiger partial charge in [0.25, 0.3) is 0 Å². The van der Waals surface area contributed by atoms with Crippen LogP contribution in [-0.2, 0) is 11.3 Å². The number of likely N-dealkylation sites (tertiary alicyclic amines) is 1. The number of carbonyl (C=O) groups excluding carboxylic acids is 1. The first-order valence-corrected chi connectivity index (χ1v) is 7.30. The minimum absolute atomic E-state index is 0.136. The Hall–Kier alpha value is -1.62. The fourth-order valence-corrected chi connectivity index (χ4v) is 3.14. The number of amides is 1. The summed E-state index contributed by atoms with van der Waals surface area (Å²) in [6.45, 7) is 5.59. The monoisotopic (exact) mass is 275 g/mol. The molecule has 0 spiro atoms. The Morgan fingerprint density at radius 1 is 1.40 bits per heavy atom. The first kappa shape index (κ1) is 13.4. The van der Waals surface area contributed by atoms with Gasteiger partial charge < -0.3 is 4.74 Å². The van der Waals surface area contributed by atoms with Gasteiger partial charge in [-0.05, 0) is 31.4 Å². The molecule has 0 saturated carbocycles. The van der Waals surface area contributed by atoms with Crippen LogP contribution < -0.4 is 0 Å². The van der Waals surface area contributed by atoms with Crippen LogP contribution >= 0.6 is 0 Å². The second kappa shape index (κ2) is 5.79. The van der Waals surface area contributed by atoms with E-state index < -0.39 is 0 Å². The molecule has 2 aliphatic heterocycles. The predicted octanol–water partition coefficient (Wildman–Crippen LogP) is 1.89. The minimum Gasteiger partial charge on any atom is -0.447 e. The summed E-state index contributed by atoms with van der Waals surface area (Å²) in [5, 5.41) is 0. The highest BCUT2D eigenvalue weighted by Gasteiger charge is 2.36. The summed E-state index contributed by atoms with van der Waals surface area (Å²) in [6, 6.07) is 4.64. The van der Waals surface area contributed by atoms with E-state index >= 15 is 0 Å². The third-order valence-electron chi connectivity index (χ3n) is 4.21. The van der Waals surface area contributed by atoms with E-state index in [4.69, 9.17) is 4.74 Å². The van der Waals surface area contributed by atoms with Crippen molar-refractivity contribution in [2.24, 2.45) is 0 Å². The van der Waals surface area contributed by atoms with Gasteiger partial charge in [-0.15, -0.1) is 0 Å². The van der Waals surface area contributed by atoms with Crippen molar-refractivity contribution < 1.29 is 9.53 Å². The van der Waals surface area contributed by atoms with Gasteiger partial charge in [0.05, 0.1) is 6.04 Å². The van der Waals surface area contributed by atoms with E-state index in [1.807, 2.05) is 17.2 Å². The number of nitrogens with zero attached hydrogens (tertiary/aromatic N) is 3. The highest BCUT2D eigenvalue weighted by molar-refractivity contribution is 5.70. The fourth-order valence-electron chi connectivity index (χ4n) is 3.14. The van der Waals surface area contributed by atoms with Crippen LogP contribution in [0.1, 0.15) is 25.3 Å². The fraction of sp³-hybridized carbons (Fsp3) is 0.600. The molecule has 1 atom stereocenters. The maximum atomic E-state index is 11.7. The molecular formula is C15H21N3O2. The third kappa shape index (κ3) is 2.77. The Kier molecular flexibility index (Phi) is 3.87. The normalized spacial score (nSPS) is 24.9. The predicted molar refractivity (Wildman–Crippen MR) is 75.2 cm³/mol. The smallest absolute Gasteiger partial charge is 0.410 e. The van der Waals surface area contributed by atoms with Gasteiger partial charge in [-0.2, -0.15) is 0 Å². The number of ether oxygens (including phenoxy) is 1. The van der Waals surface area contributed by atoms with E-state index in [-0.39, 0.29) is 12.1 Å². The Morgan fingerprint density at radius 3 is 2.80 bits per heavy atom. The van der Waals surface area contributed by atoms with Crippen molar-refractivity contribution in [3.05, 3.63) is 30.1 Å². The summed E-state index contributed by atoms with van der Waals surface area (Å²) < 4.78 is 5.12. The third-order valence-corrected chi connectivity index (χ3v) is 4.21. The van der Waals surface area contributed by atoms with Crippen LogP contribution in [0.25, 0.3) is 0 Å². The molecule has 0 aliphatic carbocycles.